The first-order valence-electron chi connectivity index (χ1n) is 6.83. The van der Waals surface area contributed by atoms with E-state index in [1.54, 1.807) is 0 Å². The van der Waals surface area contributed by atoms with Crippen LogP contribution in [0.4, 0.5) is 5.69 Å². The summed E-state index contributed by atoms with van der Waals surface area (Å²) in [4.78, 5) is 2.49. The van der Waals surface area contributed by atoms with E-state index in [4.69, 9.17) is 11.5 Å². The zero-order chi connectivity index (χ0) is 13.2. The number of hydrogen-bond donors (Lipinski definition) is 2. The number of nitrogens with two attached hydrogens (primary N) is 2. The Hall–Kier alpha value is -1.06. The first kappa shape index (κ1) is 13.4. The van der Waals surface area contributed by atoms with Crippen LogP contribution in [-0.4, -0.2) is 26.2 Å². The molecule has 1 heterocycles. The second-order valence-corrected chi connectivity index (χ2v) is 5.64. The molecule has 1 saturated heterocycles. The van der Waals surface area contributed by atoms with Crippen molar-refractivity contribution in [1.82, 2.24) is 0 Å². The molecule has 0 aromatic heterocycles. The van der Waals surface area contributed by atoms with Crippen molar-refractivity contribution < 1.29 is 0 Å². The zero-order valence-corrected chi connectivity index (χ0v) is 11.6. The number of para-hydroxylation sites is 1. The van der Waals surface area contributed by atoms with Crippen LogP contribution in [0.3, 0.4) is 0 Å². The van der Waals surface area contributed by atoms with Crippen molar-refractivity contribution in [3.8, 4) is 0 Å². The quantitative estimate of drug-likeness (QED) is 0.856. The summed E-state index contributed by atoms with van der Waals surface area (Å²) in [6, 6.07) is 6.51. The first-order chi connectivity index (χ1) is 8.62. The van der Waals surface area contributed by atoms with Crippen molar-refractivity contribution in [3.05, 3.63) is 29.3 Å². The first-order valence-corrected chi connectivity index (χ1v) is 6.83. The second-order valence-electron chi connectivity index (χ2n) is 5.64. The number of hydrogen-bond acceptors (Lipinski definition) is 3. The highest BCUT2D eigenvalue weighted by molar-refractivity contribution is 5.59. The maximum absolute atomic E-state index is 5.89. The van der Waals surface area contributed by atoms with E-state index in [9.17, 15) is 0 Å². The molecule has 1 fully saturated rings. The summed E-state index contributed by atoms with van der Waals surface area (Å²) in [5.74, 6) is 0. The average molecular weight is 247 g/mol. The molecule has 0 saturated carbocycles. The van der Waals surface area contributed by atoms with E-state index in [-0.39, 0.29) is 5.41 Å². The Labute approximate surface area is 110 Å². The lowest BCUT2D eigenvalue weighted by Crippen LogP contribution is -2.48. The molecule has 0 unspecified atom stereocenters. The topological polar surface area (TPSA) is 55.3 Å². The van der Waals surface area contributed by atoms with Gasteiger partial charge in [0, 0.05) is 18.8 Å². The maximum Gasteiger partial charge on any atom is 0.0425 e. The predicted molar refractivity (Wildman–Crippen MR) is 77.9 cm³/mol. The SMILES string of the molecule is Cc1cccc(C)c1N1CCC(CN)(CN)CC1. The standard InChI is InChI=1S/C15H25N3/c1-12-4-3-5-13(2)14(12)18-8-6-15(10-16,11-17)7-9-18/h3-5H,6-11,16-17H2,1-2H3. The summed E-state index contributed by atoms with van der Waals surface area (Å²) in [7, 11) is 0. The van der Waals surface area contributed by atoms with Gasteiger partial charge in [0.25, 0.3) is 0 Å². The van der Waals surface area contributed by atoms with Crippen molar-refractivity contribution in [2.24, 2.45) is 16.9 Å². The number of benzene rings is 1. The van der Waals surface area contributed by atoms with E-state index in [1.165, 1.54) is 16.8 Å². The molecule has 1 aromatic carbocycles. The molecule has 2 rings (SSSR count). The van der Waals surface area contributed by atoms with Crippen molar-refractivity contribution in [1.29, 1.82) is 0 Å². The van der Waals surface area contributed by atoms with Gasteiger partial charge in [-0.3, -0.25) is 0 Å². The number of nitrogens with zero attached hydrogens (tertiary/aromatic N) is 1. The van der Waals surface area contributed by atoms with Gasteiger partial charge in [0.1, 0.15) is 0 Å². The van der Waals surface area contributed by atoms with Crippen molar-refractivity contribution in [3.63, 3.8) is 0 Å². The van der Waals surface area contributed by atoms with Crippen LogP contribution in [0.1, 0.15) is 24.0 Å². The third-order valence-corrected chi connectivity index (χ3v) is 4.45. The second kappa shape index (κ2) is 5.29. The van der Waals surface area contributed by atoms with Gasteiger partial charge in [-0.15, -0.1) is 0 Å². The summed E-state index contributed by atoms with van der Waals surface area (Å²) in [6.45, 7) is 7.94. The van der Waals surface area contributed by atoms with Crippen LogP contribution >= 0.6 is 0 Å². The molecule has 3 nitrogen and oxygen atoms in total. The van der Waals surface area contributed by atoms with Crippen molar-refractivity contribution in [2.75, 3.05) is 31.1 Å². The van der Waals surface area contributed by atoms with E-state index < -0.39 is 0 Å². The highest BCUT2D eigenvalue weighted by atomic mass is 15.1. The molecule has 3 heteroatoms. The van der Waals surface area contributed by atoms with E-state index in [1.807, 2.05) is 0 Å². The third kappa shape index (κ3) is 2.38. The average Bonchev–Trinajstić information content (AvgIpc) is 2.39. The minimum absolute atomic E-state index is 0.174. The summed E-state index contributed by atoms with van der Waals surface area (Å²) >= 11 is 0. The Balaban J connectivity index is 2.15. The Kier molecular flexibility index (Phi) is 3.93. The fraction of sp³-hybridized carbons (Fsp3) is 0.600. The van der Waals surface area contributed by atoms with Gasteiger partial charge in [-0.25, -0.2) is 0 Å². The summed E-state index contributed by atoms with van der Waals surface area (Å²) < 4.78 is 0. The van der Waals surface area contributed by atoms with Crippen LogP contribution in [0, 0.1) is 19.3 Å². The van der Waals surface area contributed by atoms with Gasteiger partial charge in [-0.1, -0.05) is 18.2 Å². The van der Waals surface area contributed by atoms with Crippen LogP contribution < -0.4 is 16.4 Å². The Bertz CT molecular complexity index is 380. The molecule has 1 aromatic rings. The molecule has 0 bridgehead atoms. The van der Waals surface area contributed by atoms with Gasteiger partial charge >= 0.3 is 0 Å². The molecule has 100 valence electrons. The van der Waals surface area contributed by atoms with Gasteiger partial charge in [-0.05, 0) is 56.3 Å². The van der Waals surface area contributed by atoms with Gasteiger partial charge in [0.05, 0.1) is 0 Å². The van der Waals surface area contributed by atoms with Gasteiger partial charge in [-0.2, -0.15) is 0 Å². The van der Waals surface area contributed by atoms with Gasteiger partial charge in [0.2, 0.25) is 0 Å². The Morgan fingerprint density at radius 3 is 2.00 bits per heavy atom. The summed E-state index contributed by atoms with van der Waals surface area (Å²) in [6.07, 6.45) is 2.21. The maximum atomic E-state index is 5.89. The number of piperidine rings is 1. The monoisotopic (exact) mass is 247 g/mol. The van der Waals surface area contributed by atoms with Gasteiger partial charge in [0.15, 0.2) is 0 Å². The normalized spacial score (nSPS) is 19.0. The molecule has 18 heavy (non-hydrogen) atoms. The van der Waals surface area contributed by atoms with E-state index in [0.29, 0.717) is 13.1 Å². The van der Waals surface area contributed by atoms with E-state index >= 15 is 0 Å². The molecule has 0 radical (unpaired) electrons. The Morgan fingerprint density at radius 2 is 1.56 bits per heavy atom. The molecule has 0 aliphatic carbocycles. The van der Waals surface area contributed by atoms with E-state index in [0.717, 1.165) is 25.9 Å². The Morgan fingerprint density at radius 1 is 1.06 bits per heavy atom. The molecule has 0 amide bonds. The lowest BCUT2D eigenvalue weighted by atomic mass is 9.78. The van der Waals surface area contributed by atoms with E-state index in [2.05, 4.69) is 36.9 Å². The van der Waals surface area contributed by atoms with Crippen molar-refractivity contribution in [2.45, 2.75) is 26.7 Å². The molecule has 4 N–H and O–H groups in total. The highest BCUT2D eigenvalue weighted by Crippen LogP contribution is 2.34. The highest BCUT2D eigenvalue weighted by Gasteiger charge is 2.32. The van der Waals surface area contributed by atoms with Crippen LogP contribution in [0.15, 0.2) is 18.2 Å². The number of aryl methyl sites for hydroxylation is 2. The molecular weight excluding hydrogens is 222 g/mol. The molecular formula is C15H25N3. The van der Waals surface area contributed by atoms with Crippen LogP contribution in [0.25, 0.3) is 0 Å². The van der Waals surface area contributed by atoms with Crippen LogP contribution in [0.5, 0.6) is 0 Å². The summed E-state index contributed by atoms with van der Waals surface area (Å²) in [5.41, 5.74) is 16.1. The minimum atomic E-state index is 0.174. The zero-order valence-electron chi connectivity index (χ0n) is 11.6. The fourth-order valence-corrected chi connectivity index (χ4v) is 3.00. The molecule has 0 spiro atoms. The molecule has 0 atom stereocenters. The van der Waals surface area contributed by atoms with Crippen LogP contribution in [-0.2, 0) is 0 Å². The lowest BCUT2D eigenvalue weighted by molar-refractivity contribution is 0.238. The fourth-order valence-electron chi connectivity index (χ4n) is 3.00. The molecule has 1 aliphatic rings. The lowest BCUT2D eigenvalue weighted by Gasteiger charge is -2.42. The third-order valence-electron chi connectivity index (χ3n) is 4.45. The molecule has 1 aliphatic heterocycles. The summed E-state index contributed by atoms with van der Waals surface area (Å²) in [5, 5.41) is 0. The predicted octanol–water partition coefficient (Wildman–Crippen LogP) is 1.81. The largest absolute Gasteiger partial charge is 0.371 e. The minimum Gasteiger partial charge on any atom is -0.371 e. The number of anilines is 1. The van der Waals surface area contributed by atoms with Crippen LogP contribution in [0.2, 0.25) is 0 Å². The van der Waals surface area contributed by atoms with Gasteiger partial charge < -0.3 is 16.4 Å². The number of rotatable bonds is 3. The van der Waals surface area contributed by atoms with Crippen molar-refractivity contribution >= 4 is 5.69 Å². The smallest absolute Gasteiger partial charge is 0.0425 e.